The highest BCUT2D eigenvalue weighted by Gasteiger charge is 2.12. The van der Waals surface area contributed by atoms with Gasteiger partial charge in [0.25, 0.3) is 5.91 Å². The van der Waals surface area contributed by atoms with Crippen molar-refractivity contribution in [2.45, 2.75) is 6.92 Å². The smallest absolute Gasteiger partial charge is 0.344 e. The lowest BCUT2D eigenvalue weighted by molar-refractivity contribution is 0.101. The summed E-state index contributed by atoms with van der Waals surface area (Å²) >= 11 is 0. The molecule has 0 spiro atoms. The predicted molar refractivity (Wildman–Crippen MR) is 112 cm³/mol. The van der Waals surface area contributed by atoms with E-state index < -0.39 is 5.63 Å². The van der Waals surface area contributed by atoms with Crippen molar-refractivity contribution in [1.29, 1.82) is 0 Å². The maximum absolute atomic E-state index is 12.7. The van der Waals surface area contributed by atoms with E-state index in [1.165, 1.54) is 6.92 Å². The lowest BCUT2D eigenvalue weighted by Gasteiger charge is -2.08. The molecular formula is C24H17NO4. The summed E-state index contributed by atoms with van der Waals surface area (Å²) in [7, 11) is 0. The Labute approximate surface area is 166 Å². The molecule has 5 nitrogen and oxygen atoms in total. The Bertz CT molecular complexity index is 1300. The van der Waals surface area contributed by atoms with Gasteiger partial charge in [-0.15, -0.1) is 0 Å². The highest BCUT2D eigenvalue weighted by molar-refractivity contribution is 6.05. The number of benzene rings is 3. The van der Waals surface area contributed by atoms with Gasteiger partial charge in [0, 0.05) is 22.2 Å². The number of rotatable bonds is 4. The summed E-state index contributed by atoms with van der Waals surface area (Å²) in [5.41, 5.74) is 2.47. The van der Waals surface area contributed by atoms with E-state index in [4.69, 9.17) is 4.42 Å². The number of nitrogens with one attached hydrogen (secondary N) is 1. The molecule has 4 rings (SSSR count). The van der Waals surface area contributed by atoms with E-state index in [-0.39, 0.29) is 11.7 Å². The van der Waals surface area contributed by atoms with Crippen molar-refractivity contribution in [2.24, 2.45) is 0 Å². The average molecular weight is 383 g/mol. The first-order valence-corrected chi connectivity index (χ1v) is 9.07. The molecule has 0 unspecified atom stereocenters. The van der Waals surface area contributed by atoms with Gasteiger partial charge in [0.15, 0.2) is 5.78 Å². The normalized spacial score (nSPS) is 10.7. The Morgan fingerprint density at radius 2 is 1.59 bits per heavy atom. The second-order valence-electron chi connectivity index (χ2n) is 6.66. The Kier molecular flexibility index (Phi) is 4.79. The fraction of sp³-hybridized carbons (Fsp3) is 0.0417. The molecule has 0 fully saturated rings. The molecule has 1 heterocycles. The van der Waals surface area contributed by atoms with Crippen molar-refractivity contribution in [3.05, 3.63) is 100 Å². The van der Waals surface area contributed by atoms with Crippen LogP contribution in [0.4, 0.5) is 5.69 Å². The van der Waals surface area contributed by atoms with Crippen LogP contribution in [0.2, 0.25) is 0 Å². The summed E-state index contributed by atoms with van der Waals surface area (Å²) in [6, 6.07) is 22.5. The van der Waals surface area contributed by atoms with Gasteiger partial charge in [0.05, 0.1) is 5.56 Å². The predicted octanol–water partition coefficient (Wildman–Crippen LogP) is 4.91. The molecule has 29 heavy (non-hydrogen) atoms. The highest BCUT2D eigenvalue weighted by Crippen LogP contribution is 2.22. The van der Waals surface area contributed by atoms with Gasteiger partial charge < -0.3 is 9.73 Å². The second kappa shape index (κ2) is 7.56. The fourth-order valence-corrected chi connectivity index (χ4v) is 3.11. The highest BCUT2D eigenvalue weighted by atomic mass is 16.4. The first kappa shape index (κ1) is 18.4. The third-order valence-corrected chi connectivity index (χ3v) is 4.60. The fourth-order valence-electron chi connectivity index (χ4n) is 3.11. The summed E-state index contributed by atoms with van der Waals surface area (Å²) in [6.07, 6.45) is 0. The minimum absolute atomic E-state index is 0.0777. The van der Waals surface area contributed by atoms with Crippen molar-refractivity contribution in [3.8, 4) is 11.1 Å². The van der Waals surface area contributed by atoms with Gasteiger partial charge >= 0.3 is 5.63 Å². The Morgan fingerprint density at radius 3 is 2.41 bits per heavy atom. The molecule has 0 bridgehead atoms. The molecular weight excluding hydrogens is 366 g/mol. The zero-order chi connectivity index (χ0) is 20.4. The molecule has 142 valence electrons. The summed E-state index contributed by atoms with van der Waals surface area (Å²) in [6.45, 7) is 1.47. The third kappa shape index (κ3) is 3.84. The summed E-state index contributed by atoms with van der Waals surface area (Å²) in [5.74, 6) is -0.413. The third-order valence-electron chi connectivity index (χ3n) is 4.60. The van der Waals surface area contributed by atoms with E-state index in [9.17, 15) is 14.4 Å². The van der Waals surface area contributed by atoms with Gasteiger partial charge in [0.2, 0.25) is 0 Å². The first-order chi connectivity index (χ1) is 14.0. The molecule has 0 aliphatic heterocycles. The molecule has 1 aromatic heterocycles. The van der Waals surface area contributed by atoms with E-state index in [0.717, 1.165) is 5.39 Å². The number of fused-ring (bicyclic) bond motifs is 1. The Hall–Kier alpha value is -3.99. The SMILES string of the molecule is CC(=O)c1cccc(NC(=O)c2cccc(-c3cc4ccccc4oc3=O)c2)c1. The molecule has 5 heteroatoms. The average Bonchev–Trinajstić information content (AvgIpc) is 2.73. The molecule has 0 radical (unpaired) electrons. The molecule has 0 aliphatic rings. The van der Waals surface area contributed by atoms with Crippen molar-refractivity contribution < 1.29 is 14.0 Å². The van der Waals surface area contributed by atoms with Gasteiger partial charge in [0.1, 0.15) is 5.58 Å². The van der Waals surface area contributed by atoms with Crippen LogP contribution >= 0.6 is 0 Å². The number of hydrogen-bond donors (Lipinski definition) is 1. The number of amides is 1. The molecule has 0 aliphatic carbocycles. The van der Waals surface area contributed by atoms with Crippen LogP contribution in [0, 0.1) is 0 Å². The summed E-state index contributed by atoms with van der Waals surface area (Å²) in [5, 5.41) is 3.59. The lowest BCUT2D eigenvalue weighted by atomic mass is 10.0. The lowest BCUT2D eigenvalue weighted by Crippen LogP contribution is -2.12. The quantitative estimate of drug-likeness (QED) is 0.401. The van der Waals surface area contributed by atoms with Crippen LogP contribution in [-0.2, 0) is 0 Å². The van der Waals surface area contributed by atoms with Crippen LogP contribution in [-0.4, -0.2) is 11.7 Å². The minimum Gasteiger partial charge on any atom is -0.422 e. The number of hydrogen-bond acceptors (Lipinski definition) is 4. The summed E-state index contributed by atoms with van der Waals surface area (Å²) in [4.78, 5) is 36.6. The van der Waals surface area contributed by atoms with Gasteiger partial charge in [-0.3, -0.25) is 9.59 Å². The van der Waals surface area contributed by atoms with Crippen LogP contribution in [0.3, 0.4) is 0 Å². The van der Waals surface area contributed by atoms with E-state index in [1.54, 1.807) is 66.7 Å². The molecule has 0 saturated carbocycles. The van der Waals surface area contributed by atoms with E-state index >= 15 is 0 Å². The molecule has 0 atom stereocenters. The zero-order valence-corrected chi connectivity index (χ0v) is 15.6. The number of Topliss-reactive ketones (excluding diaryl/α,β-unsaturated/α-hetero) is 1. The molecule has 1 N–H and O–H groups in total. The maximum Gasteiger partial charge on any atom is 0.344 e. The molecule has 0 saturated heterocycles. The van der Waals surface area contributed by atoms with Crippen molar-refractivity contribution >= 4 is 28.3 Å². The van der Waals surface area contributed by atoms with E-state index in [0.29, 0.717) is 33.5 Å². The summed E-state index contributed by atoms with van der Waals surface area (Å²) < 4.78 is 5.39. The van der Waals surface area contributed by atoms with Crippen LogP contribution in [0.15, 0.2) is 88.1 Å². The van der Waals surface area contributed by atoms with Crippen molar-refractivity contribution in [3.63, 3.8) is 0 Å². The number of anilines is 1. The number of carbonyl (C=O) groups is 2. The number of ketones is 1. The van der Waals surface area contributed by atoms with Crippen LogP contribution in [0.5, 0.6) is 0 Å². The van der Waals surface area contributed by atoms with Crippen LogP contribution in [0.1, 0.15) is 27.6 Å². The topological polar surface area (TPSA) is 76.4 Å². The first-order valence-electron chi connectivity index (χ1n) is 9.07. The van der Waals surface area contributed by atoms with Crippen molar-refractivity contribution in [2.75, 3.05) is 5.32 Å². The van der Waals surface area contributed by atoms with E-state index in [2.05, 4.69) is 5.32 Å². The Morgan fingerprint density at radius 1 is 0.828 bits per heavy atom. The zero-order valence-electron chi connectivity index (χ0n) is 15.6. The second-order valence-corrected chi connectivity index (χ2v) is 6.66. The van der Waals surface area contributed by atoms with Crippen LogP contribution in [0.25, 0.3) is 22.1 Å². The Balaban J connectivity index is 1.66. The van der Waals surface area contributed by atoms with Gasteiger partial charge in [-0.2, -0.15) is 0 Å². The molecule has 4 aromatic rings. The van der Waals surface area contributed by atoms with Crippen LogP contribution < -0.4 is 10.9 Å². The van der Waals surface area contributed by atoms with Crippen molar-refractivity contribution in [1.82, 2.24) is 0 Å². The standard InChI is InChI=1S/C24H17NO4/c1-15(26)16-7-5-10-20(13-16)25-23(27)19-9-4-8-17(12-19)21-14-18-6-2-3-11-22(18)29-24(21)28/h2-14H,1H3,(H,25,27). The van der Waals surface area contributed by atoms with E-state index in [1.807, 2.05) is 12.1 Å². The maximum atomic E-state index is 12.7. The largest absolute Gasteiger partial charge is 0.422 e. The number of carbonyl (C=O) groups excluding carboxylic acids is 2. The number of para-hydroxylation sites is 1. The van der Waals surface area contributed by atoms with Gasteiger partial charge in [-0.25, -0.2) is 4.79 Å². The molecule has 1 amide bonds. The molecule has 3 aromatic carbocycles. The van der Waals surface area contributed by atoms with Gasteiger partial charge in [-0.05, 0) is 48.9 Å². The van der Waals surface area contributed by atoms with Gasteiger partial charge in [-0.1, -0.05) is 42.5 Å². The minimum atomic E-state index is -0.463. The monoisotopic (exact) mass is 383 g/mol.